The van der Waals surface area contributed by atoms with Crippen LogP contribution in [0.5, 0.6) is 17.2 Å². The standard InChI is InChI=1S/C18H29N3O4/c1-11(2)20-18(22)14-7-13(19)10-21(14)9-12-6-16(24-4)17(25-5)8-15(12)23-3/h6,8,11,13-14H,7,9-10,19H2,1-5H3,(H,20,22)/t13-,14+/m1/s1. The zero-order valence-electron chi connectivity index (χ0n) is 15.7. The van der Waals surface area contributed by atoms with Gasteiger partial charge in [0, 0.05) is 36.8 Å². The van der Waals surface area contributed by atoms with Crippen molar-refractivity contribution in [3.8, 4) is 17.2 Å². The van der Waals surface area contributed by atoms with E-state index in [9.17, 15) is 4.79 Å². The Kier molecular flexibility index (Phi) is 6.50. The molecule has 1 saturated heterocycles. The first kappa shape index (κ1) is 19.3. The molecule has 1 amide bonds. The summed E-state index contributed by atoms with van der Waals surface area (Å²) in [7, 11) is 4.80. The molecule has 1 aliphatic rings. The lowest BCUT2D eigenvalue weighted by atomic mass is 10.1. The van der Waals surface area contributed by atoms with Gasteiger partial charge in [0.15, 0.2) is 11.5 Å². The highest BCUT2D eigenvalue weighted by Crippen LogP contribution is 2.36. The molecule has 0 spiro atoms. The van der Waals surface area contributed by atoms with Crippen LogP contribution in [0.4, 0.5) is 0 Å². The third-order valence-corrected chi connectivity index (χ3v) is 4.33. The van der Waals surface area contributed by atoms with Gasteiger partial charge >= 0.3 is 0 Å². The smallest absolute Gasteiger partial charge is 0.237 e. The number of hydrogen-bond acceptors (Lipinski definition) is 6. The van der Waals surface area contributed by atoms with E-state index in [2.05, 4.69) is 10.2 Å². The molecule has 2 atom stereocenters. The van der Waals surface area contributed by atoms with E-state index < -0.39 is 0 Å². The molecule has 0 bridgehead atoms. The zero-order valence-corrected chi connectivity index (χ0v) is 15.7. The first-order chi connectivity index (χ1) is 11.9. The lowest BCUT2D eigenvalue weighted by Gasteiger charge is -2.25. The van der Waals surface area contributed by atoms with Crippen LogP contribution >= 0.6 is 0 Å². The number of benzene rings is 1. The van der Waals surface area contributed by atoms with Crippen LogP contribution in [-0.2, 0) is 11.3 Å². The van der Waals surface area contributed by atoms with Crippen molar-refractivity contribution in [2.45, 2.75) is 44.9 Å². The normalized spacial score (nSPS) is 20.6. The van der Waals surface area contributed by atoms with Gasteiger partial charge in [-0.25, -0.2) is 0 Å². The first-order valence-electron chi connectivity index (χ1n) is 8.48. The summed E-state index contributed by atoms with van der Waals surface area (Å²) in [6, 6.07) is 3.53. The molecule has 0 unspecified atom stereocenters. The number of hydrogen-bond donors (Lipinski definition) is 2. The molecule has 7 heteroatoms. The topological polar surface area (TPSA) is 86.1 Å². The summed E-state index contributed by atoms with van der Waals surface area (Å²) in [6.07, 6.45) is 0.647. The third kappa shape index (κ3) is 4.55. The van der Waals surface area contributed by atoms with Gasteiger partial charge in [0.1, 0.15) is 5.75 Å². The van der Waals surface area contributed by atoms with Gasteiger partial charge in [0.2, 0.25) is 5.91 Å². The molecule has 1 aromatic rings. The Labute approximate surface area is 149 Å². The van der Waals surface area contributed by atoms with Gasteiger partial charge in [-0.3, -0.25) is 9.69 Å². The quantitative estimate of drug-likeness (QED) is 0.766. The fraction of sp³-hybridized carbons (Fsp3) is 0.611. The second-order valence-electron chi connectivity index (χ2n) is 6.62. The fourth-order valence-corrected chi connectivity index (χ4v) is 3.20. The molecule has 140 valence electrons. The van der Waals surface area contributed by atoms with Crippen molar-refractivity contribution in [2.75, 3.05) is 27.9 Å². The summed E-state index contributed by atoms with van der Waals surface area (Å²) in [5, 5.41) is 2.98. The van der Waals surface area contributed by atoms with Crippen LogP contribution in [0, 0.1) is 0 Å². The van der Waals surface area contributed by atoms with Crippen molar-refractivity contribution in [3.05, 3.63) is 17.7 Å². The molecule has 0 aromatic heterocycles. The molecule has 1 aromatic carbocycles. The summed E-state index contributed by atoms with van der Waals surface area (Å²) in [5.74, 6) is 1.95. The number of rotatable bonds is 7. The van der Waals surface area contributed by atoms with E-state index in [1.54, 1.807) is 27.4 Å². The van der Waals surface area contributed by atoms with Crippen molar-refractivity contribution in [3.63, 3.8) is 0 Å². The van der Waals surface area contributed by atoms with Crippen LogP contribution in [0.1, 0.15) is 25.8 Å². The van der Waals surface area contributed by atoms with Crippen molar-refractivity contribution in [1.29, 1.82) is 0 Å². The maximum atomic E-state index is 12.5. The summed E-state index contributed by atoms with van der Waals surface area (Å²) in [5.41, 5.74) is 7.04. The molecule has 0 saturated carbocycles. The minimum atomic E-state index is -0.241. The van der Waals surface area contributed by atoms with E-state index in [1.807, 2.05) is 19.9 Å². The zero-order chi connectivity index (χ0) is 18.6. The van der Waals surface area contributed by atoms with Crippen LogP contribution < -0.4 is 25.3 Å². The number of nitrogens with one attached hydrogen (secondary N) is 1. The van der Waals surface area contributed by atoms with Crippen LogP contribution in [0.15, 0.2) is 12.1 Å². The lowest BCUT2D eigenvalue weighted by Crippen LogP contribution is -2.45. The van der Waals surface area contributed by atoms with Crippen molar-refractivity contribution < 1.29 is 19.0 Å². The molecule has 3 N–H and O–H groups in total. The molecule has 7 nitrogen and oxygen atoms in total. The number of carbonyl (C=O) groups is 1. The number of likely N-dealkylation sites (tertiary alicyclic amines) is 1. The Morgan fingerprint density at radius 2 is 1.80 bits per heavy atom. The van der Waals surface area contributed by atoms with Crippen LogP contribution in [0.3, 0.4) is 0 Å². The number of ether oxygens (including phenoxy) is 3. The molecule has 2 rings (SSSR count). The van der Waals surface area contributed by atoms with E-state index in [4.69, 9.17) is 19.9 Å². The molecule has 0 aliphatic carbocycles. The average Bonchev–Trinajstić information content (AvgIpc) is 2.94. The van der Waals surface area contributed by atoms with Gasteiger partial charge in [-0.1, -0.05) is 0 Å². The van der Waals surface area contributed by atoms with E-state index in [0.29, 0.717) is 36.8 Å². The van der Waals surface area contributed by atoms with Crippen molar-refractivity contribution in [2.24, 2.45) is 5.73 Å². The Morgan fingerprint density at radius 3 is 2.36 bits per heavy atom. The molecule has 1 aliphatic heterocycles. The van der Waals surface area contributed by atoms with Crippen LogP contribution in [0.2, 0.25) is 0 Å². The van der Waals surface area contributed by atoms with E-state index in [0.717, 1.165) is 5.56 Å². The average molecular weight is 351 g/mol. The maximum Gasteiger partial charge on any atom is 0.237 e. The highest BCUT2D eigenvalue weighted by atomic mass is 16.5. The Hall–Kier alpha value is -1.99. The van der Waals surface area contributed by atoms with Crippen LogP contribution in [0.25, 0.3) is 0 Å². The number of carbonyl (C=O) groups excluding carboxylic acids is 1. The number of nitrogens with two attached hydrogens (primary N) is 1. The summed E-state index contributed by atoms with van der Waals surface area (Å²) < 4.78 is 16.2. The number of nitrogens with zero attached hydrogens (tertiary/aromatic N) is 1. The molecule has 1 heterocycles. The third-order valence-electron chi connectivity index (χ3n) is 4.33. The summed E-state index contributed by atoms with van der Waals surface area (Å²) in [4.78, 5) is 14.6. The molecular weight excluding hydrogens is 322 g/mol. The second kappa shape index (κ2) is 8.40. The van der Waals surface area contributed by atoms with Gasteiger partial charge in [0.05, 0.1) is 27.4 Å². The predicted octanol–water partition coefficient (Wildman–Crippen LogP) is 1.14. The fourth-order valence-electron chi connectivity index (χ4n) is 3.20. The van der Waals surface area contributed by atoms with Gasteiger partial charge in [-0.2, -0.15) is 0 Å². The minimum Gasteiger partial charge on any atom is -0.496 e. The highest BCUT2D eigenvalue weighted by molar-refractivity contribution is 5.82. The Bertz CT molecular complexity index is 606. The van der Waals surface area contributed by atoms with Crippen molar-refractivity contribution >= 4 is 5.91 Å². The lowest BCUT2D eigenvalue weighted by molar-refractivity contribution is -0.126. The number of methoxy groups -OCH3 is 3. The first-order valence-corrected chi connectivity index (χ1v) is 8.48. The van der Waals surface area contributed by atoms with E-state index in [-0.39, 0.29) is 24.0 Å². The molecule has 0 radical (unpaired) electrons. The summed E-state index contributed by atoms with van der Waals surface area (Å²) in [6.45, 7) is 5.12. The maximum absolute atomic E-state index is 12.5. The summed E-state index contributed by atoms with van der Waals surface area (Å²) >= 11 is 0. The predicted molar refractivity (Wildman–Crippen MR) is 96.2 cm³/mol. The monoisotopic (exact) mass is 351 g/mol. The van der Waals surface area contributed by atoms with E-state index >= 15 is 0 Å². The van der Waals surface area contributed by atoms with Gasteiger partial charge < -0.3 is 25.3 Å². The second-order valence-corrected chi connectivity index (χ2v) is 6.62. The van der Waals surface area contributed by atoms with Gasteiger partial charge in [-0.15, -0.1) is 0 Å². The largest absolute Gasteiger partial charge is 0.496 e. The van der Waals surface area contributed by atoms with Gasteiger partial charge in [0.25, 0.3) is 0 Å². The van der Waals surface area contributed by atoms with E-state index in [1.165, 1.54) is 0 Å². The number of amides is 1. The molecular formula is C18H29N3O4. The van der Waals surface area contributed by atoms with Gasteiger partial charge in [-0.05, 0) is 26.3 Å². The highest BCUT2D eigenvalue weighted by Gasteiger charge is 2.35. The van der Waals surface area contributed by atoms with Crippen molar-refractivity contribution in [1.82, 2.24) is 10.2 Å². The Morgan fingerprint density at radius 1 is 1.20 bits per heavy atom. The minimum absolute atomic E-state index is 0.0161. The molecule has 25 heavy (non-hydrogen) atoms. The SMILES string of the molecule is COc1cc(OC)c(OC)cc1CN1C[C@H](N)C[C@H]1C(=O)NC(C)C. The Balaban J connectivity index is 2.25. The van der Waals surface area contributed by atoms with Crippen LogP contribution in [-0.4, -0.2) is 56.8 Å². The molecule has 1 fully saturated rings.